The summed E-state index contributed by atoms with van der Waals surface area (Å²) in [5, 5.41) is 0. The molecular weight excluding hydrogens is 576 g/mol. The first-order chi connectivity index (χ1) is 22.0. The Morgan fingerprint density at radius 1 is 0.778 bits per heavy atom. The number of aryl methyl sites for hydroxylation is 1. The number of hydrogen-bond acceptors (Lipinski definition) is 8. The molecule has 45 heavy (non-hydrogen) atoms. The maximum absolute atomic E-state index is 13.9. The molecule has 1 unspecified atom stereocenters. The monoisotopic (exact) mass is 614 g/mol. The molecule has 0 saturated carbocycles. The summed E-state index contributed by atoms with van der Waals surface area (Å²) in [5.74, 6) is 0. The first kappa shape index (κ1) is 31.1. The number of hydrogen-bond donors (Lipinski definition) is 0. The van der Waals surface area contributed by atoms with Crippen LogP contribution in [-0.2, 0) is 55.0 Å². The van der Waals surface area contributed by atoms with Crippen LogP contribution in [0.4, 0.5) is 0 Å². The summed E-state index contributed by atoms with van der Waals surface area (Å²) in [4.78, 5) is 27.0. The van der Waals surface area contributed by atoms with Crippen LogP contribution in [0.25, 0.3) is 0 Å². The average Bonchev–Trinajstić information content (AvgIpc) is 3.27. The number of benzene rings is 3. The van der Waals surface area contributed by atoms with Crippen LogP contribution >= 0.6 is 0 Å². The van der Waals surface area contributed by atoms with Gasteiger partial charge >= 0.3 is 5.69 Å². The third-order valence-electron chi connectivity index (χ3n) is 8.35. The Kier molecular flexibility index (Phi) is 9.70. The molecule has 0 spiro atoms. The van der Waals surface area contributed by atoms with Gasteiger partial charge in [0.05, 0.1) is 39.6 Å². The van der Waals surface area contributed by atoms with E-state index in [1.165, 1.54) is 4.57 Å². The van der Waals surface area contributed by atoms with E-state index in [4.69, 9.17) is 28.4 Å². The fraction of sp³-hybridized carbons (Fsp3) is 0.371. The third kappa shape index (κ3) is 6.86. The molecule has 2 saturated heterocycles. The maximum atomic E-state index is 13.9. The Morgan fingerprint density at radius 2 is 1.36 bits per heavy atom. The molecule has 236 valence electrons. The molecule has 3 heterocycles. The van der Waals surface area contributed by atoms with Gasteiger partial charge in [0.25, 0.3) is 5.56 Å². The van der Waals surface area contributed by atoms with Crippen molar-refractivity contribution < 1.29 is 28.4 Å². The van der Waals surface area contributed by atoms with Gasteiger partial charge in [0.2, 0.25) is 0 Å². The molecule has 2 aliphatic rings. The first-order valence-electron chi connectivity index (χ1n) is 15.1. The molecule has 0 amide bonds. The molecule has 0 radical (unpaired) electrons. The second-order valence-corrected chi connectivity index (χ2v) is 11.5. The van der Waals surface area contributed by atoms with Crippen molar-refractivity contribution in [3.8, 4) is 0 Å². The van der Waals surface area contributed by atoms with Crippen LogP contribution in [0.2, 0.25) is 0 Å². The maximum Gasteiger partial charge on any atom is 0.335 e. The first-order valence-corrected chi connectivity index (χ1v) is 15.1. The molecule has 0 aliphatic carbocycles. The van der Waals surface area contributed by atoms with Crippen molar-refractivity contribution >= 4 is 0 Å². The lowest BCUT2D eigenvalue weighted by Crippen LogP contribution is -2.59. The van der Waals surface area contributed by atoms with Gasteiger partial charge in [-0.25, -0.2) is 9.36 Å². The van der Waals surface area contributed by atoms with Crippen molar-refractivity contribution in [1.29, 1.82) is 0 Å². The van der Waals surface area contributed by atoms with Gasteiger partial charge in [-0.05, 0) is 23.6 Å². The highest BCUT2D eigenvalue weighted by Gasteiger charge is 2.63. The van der Waals surface area contributed by atoms with Crippen LogP contribution in [-0.4, -0.2) is 46.9 Å². The van der Waals surface area contributed by atoms with E-state index in [-0.39, 0.29) is 46.4 Å². The largest absolute Gasteiger partial charge is 0.374 e. The fourth-order valence-electron chi connectivity index (χ4n) is 5.91. The summed E-state index contributed by atoms with van der Waals surface area (Å²) >= 11 is 0. The lowest BCUT2D eigenvalue weighted by Gasteiger charge is -2.41. The van der Waals surface area contributed by atoms with E-state index in [0.717, 1.165) is 21.3 Å². The quantitative estimate of drug-likeness (QED) is 0.233. The summed E-state index contributed by atoms with van der Waals surface area (Å²) in [7, 11) is 0. The van der Waals surface area contributed by atoms with Crippen LogP contribution in [0.5, 0.6) is 0 Å². The third-order valence-corrected chi connectivity index (χ3v) is 8.35. The minimum Gasteiger partial charge on any atom is -0.374 e. The van der Waals surface area contributed by atoms with Gasteiger partial charge < -0.3 is 28.4 Å². The molecular formula is C35H38N2O8. The zero-order chi connectivity index (χ0) is 31.1. The summed E-state index contributed by atoms with van der Waals surface area (Å²) < 4.78 is 40.0. The van der Waals surface area contributed by atoms with Gasteiger partial charge in [0.15, 0.2) is 0 Å². The van der Waals surface area contributed by atoms with E-state index < -0.39 is 28.7 Å². The molecule has 4 aromatic rings. The van der Waals surface area contributed by atoms with Crippen molar-refractivity contribution in [3.05, 3.63) is 140 Å². The second kappa shape index (κ2) is 14.0. The predicted molar refractivity (Wildman–Crippen MR) is 165 cm³/mol. The Balaban J connectivity index is 1.31. The molecule has 3 aromatic carbocycles. The van der Waals surface area contributed by atoms with Crippen LogP contribution in [0.3, 0.4) is 0 Å². The topological polar surface area (TPSA) is 99.4 Å². The summed E-state index contributed by atoms with van der Waals surface area (Å²) in [6, 6.07) is 29.3. The molecule has 3 atom stereocenters. The minimum atomic E-state index is -1.12. The molecule has 1 aromatic heterocycles. The summed E-state index contributed by atoms with van der Waals surface area (Å²) in [6.07, 6.45) is 1.01. The SMILES string of the molecule is Cc1cn([C@H]2CC3(OCc4ccccc4)COCOC[C@]3(COCc3ccccc3)O2)c(=O)n(COCc2ccccc2)c1=O. The highest BCUT2D eigenvalue weighted by Crippen LogP contribution is 2.48. The van der Waals surface area contributed by atoms with Crippen molar-refractivity contribution in [2.24, 2.45) is 0 Å². The van der Waals surface area contributed by atoms with E-state index in [0.29, 0.717) is 18.8 Å². The molecule has 0 bridgehead atoms. The second-order valence-electron chi connectivity index (χ2n) is 11.5. The van der Waals surface area contributed by atoms with Gasteiger partial charge in [-0.15, -0.1) is 0 Å². The minimum absolute atomic E-state index is 0.0770. The number of fused-ring (bicyclic) bond motifs is 1. The van der Waals surface area contributed by atoms with E-state index in [9.17, 15) is 9.59 Å². The Hall–Kier alpha value is -3.90. The Labute approximate surface area is 261 Å². The molecule has 6 rings (SSSR count). The highest BCUT2D eigenvalue weighted by molar-refractivity contribution is 5.17. The summed E-state index contributed by atoms with van der Waals surface area (Å²) in [6.45, 7) is 2.88. The predicted octanol–water partition coefficient (Wildman–Crippen LogP) is 4.33. The lowest BCUT2D eigenvalue weighted by molar-refractivity contribution is -0.212. The fourth-order valence-corrected chi connectivity index (χ4v) is 5.91. The van der Waals surface area contributed by atoms with E-state index in [1.54, 1.807) is 13.1 Å². The molecule has 2 fully saturated rings. The number of ether oxygens (including phenoxy) is 6. The van der Waals surface area contributed by atoms with E-state index in [1.807, 2.05) is 91.0 Å². The zero-order valence-electron chi connectivity index (χ0n) is 25.3. The molecule has 2 aliphatic heterocycles. The van der Waals surface area contributed by atoms with E-state index in [2.05, 4.69) is 0 Å². The van der Waals surface area contributed by atoms with Crippen LogP contribution in [0, 0.1) is 6.92 Å². The normalized spacial score (nSPS) is 23.0. The van der Waals surface area contributed by atoms with Crippen molar-refractivity contribution in [1.82, 2.24) is 9.13 Å². The Morgan fingerprint density at radius 3 is 2.00 bits per heavy atom. The van der Waals surface area contributed by atoms with Crippen molar-refractivity contribution in [2.75, 3.05) is 26.6 Å². The molecule has 0 N–H and O–H groups in total. The van der Waals surface area contributed by atoms with Gasteiger partial charge in [0, 0.05) is 18.2 Å². The Bertz CT molecular complexity index is 1660. The number of nitrogens with zero attached hydrogens (tertiary/aromatic N) is 2. The zero-order valence-corrected chi connectivity index (χ0v) is 25.3. The number of rotatable bonds is 12. The number of aromatic nitrogens is 2. The van der Waals surface area contributed by atoms with E-state index >= 15 is 0 Å². The van der Waals surface area contributed by atoms with Gasteiger partial charge in [0.1, 0.15) is 31.0 Å². The standard InChI is InChI=1S/C35H38N2O8/c1-27-18-36(33(39)37(32(27)38)25-41-20-29-13-7-3-8-14-29)31-17-34(44-21-30-15-9-4-10-16-30)22-42-26-43-24-35(34,45-31)23-40-19-28-11-5-2-6-12-28/h2-16,18,31H,17,19-26H2,1H3/t31-,34?,35+/m1/s1. The molecule has 10 nitrogen and oxygen atoms in total. The van der Waals surface area contributed by atoms with Crippen LogP contribution < -0.4 is 11.2 Å². The van der Waals surface area contributed by atoms with Gasteiger partial charge in [-0.2, -0.15) is 0 Å². The van der Waals surface area contributed by atoms with Gasteiger partial charge in [-0.1, -0.05) is 91.0 Å². The highest BCUT2D eigenvalue weighted by atomic mass is 16.7. The van der Waals surface area contributed by atoms with Crippen LogP contribution in [0.1, 0.15) is 34.9 Å². The lowest BCUT2D eigenvalue weighted by atomic mass is 9.83. The average molecular weight is 615 g/mol. The smallest absolute Gasteiger partial charge is 0.335 e. The van der Waals surface area contributed by atoms with Crippen LogP contribution in [0.15, 0.2) is 107 Å². The summed E-state index contributed by atoms with van der Waals surface area (Å²) in [5.41, 5.74) is 0.215. The molecule has 10 heteroatoms. The van der Waals surface area contributed by atoms with Crippen molar-refractivity contribution in [2.45, 2.75) is 57.3 Å². The van der Waals surface area contributed by atoms with Crippen molar-refractivity contribution in [3.63, 3.8) is 0 Å². The van der Waals surface area contributed by atoms with Gasteiger partial charge in [-0.3, -0.25) is 9.36 Å².